The zero-order valence-electron chi connectivity index (χ0n) is 12.1. The normalized spacial score (nSPS) is 10.7. The van der Waals surface area contributed by atoms with Gasteiger partial charge >= 0.3 is 0 Å². The fourth-order valence-corrected chi connectivity index (χ4v) is 2.58. The van der Waals surface area contributed by atoms with Crippen LogP contribution in [0.4, 0.5) is 0 Å². The number of aromatic nitrogens is 1. The van der Waals surface area contributed by atoms with Crippen molar-refractivity contribution >= 4 is 23.2 Å². The van der Waals surface area contributed by atoms with E-state index < -0.39 is 0 Å². The van der Waals surface area contributed by atoms with E-state index >= 15 is 0 Å². The SMILES string of the molecule is CCCc1cc(CNC)cc(Oc2cc(Cl)cc(Cl)c2)n1. The van der Waals surface area contributed by atoms with E-state index in [2.05, 4.69) is 23.3 Å². The van der Waals surface area contributed by atoms with E-state index in [9.17, 15) is 0 Å². The van der Waals surface area contributed by atoms with Crippen molar-refractivity contribution in [2.75, 3.05) is 7.05 Å². The molecular weight excluding hydrogens is 307 g/mol. The molecule has 21 heavy (non-hydrogen) atoms. The quantitative estimate of drug-likeness (QED) is 0.824. The first kappa shape index (κ1) is 16.1. The van der Waals surface area contributed by atoms with E-state index in [1.54, 1.807) is 18.2 Å². The highest BCUT2D eigenvalue weighted by molar-refractivity contribution is 6.34. The standard InChI is InChI=1S/C16H18Cl2N2O/c1-3-4-14-5-11(10-19-2)6-16(20-14)21-15-8-12(17)7-13(18)9-15/h5-9,19H,3-4,10H2,1-2H3. The molecule has 1 aromatic carbocycles. The molecule has 0 aliphatic carbocycles. The van der Waals surface area contributed by atoms with E-state index in [1.165, 1.54) is 0 Å². The maximum atomic E-state index is 5.98. The molecule has 5 heteroatoms. The van der Waals surface area contributed by atoms with Gasteiger partial charge in [-0.2, -0.15) is 0 Å². The second-order valence-corrected chi connectivity index (χ2v) is 5.67. The van der Waals surface area contributed by atoms with Gasteiger partial charge in [0.25, 0.3) is 0 Å². The van der Waals surface area contributed by atoms with Crippen LogP contribution >= 0.6 is 23.2 Å². The molecule has 3 nitrogen and oxygen atoms in total. The fraction of sp³-hybridized carbons (Fsp3) is 0.312. The third-order valence-corrected chi connectivity index (χ3v) is 3.30. The Balaban J connectivity index is 2.28. The van der Waals surface area contributed by atoms with E-state index in [4.69, 9.17) is 27.9 Å². The Morgan fingerprint density at radius 3 is 2.43 bits per heavy atom. The molecule has 0 spiro atoms. The van der Waals surface area contributed by atoms with Crippen LogP contribution in [0.5, 0.6) is 11.6 Å². The molecule has 1 N–H and O–H groups in total. The molecule has 0 radical (unpaired) electrons. The predicted octanol–water partition coefficient (Wildman–Crippen LogP) is 4.85. The van der Waals surface area contributed by atoms with E-state index in [-0.39, 0.29) is 0 Å². The van der Waals surface area contributed by atoms with Crippen LogP contribution in [0, 0.1) is 0 Å². The van der Waals surface area contributed by atoms with Gasteiger partial charge in [0.2, 0.25) is 5.88 Å². The van der Waals surface area contributed by atoms with Crippen molar-refractivity contribution in [3.63, 3.8) is 0 Å². The molecule has 0 fully saturated rings. The van der Waals surface area contributed by atoms with Crippen molar-refractivity contribution in [2.45, 2.75) is 26.3 Å². The molecule has 0 saturated heterocycles. The molecule has 0 unspecified atom stereocenters. The van der Waals surface area contributed by atoms with Gasteiger partial charge in [-0.25, -0.2) is 4.98 Å². The summed E-state index contributed by atoms with van der Waals surface area (Å²) in [6.07, 6.45) is 1.96. The lowest BCUT2D eigenvalue weighted by molar-refractivity contribution is 0.459. The van der Waals surface area contributed by atoms with E-state index in [1.807, 2.05) is 13.1 Å². The van der Waals surface area contributed by atoms with Crippen LogP contribution in [-0.2, 0) is 13.0 Å². The van der Waals surface area contributed by atoms with Gasteiger partial charge in [-0.3, -0.25) is 0 Å². The van der Waals surface area contributed by atoms with Gasteiger partial charge in [0.05, 0.1) is 0 Å². The summed E-state index contributed by atoms with van der Waals surface area (Å²) >= 11 is 12.0. The Labute approximate surface area is 135 Å². The van der Waals surface area contributed by atoms with Crippen molar-refractivity contribution in [1.29, 1.82) is 0 Å². The number of hydrogen-bond donors (Lipinski definition) is 1. The first-order valence-electron chi connectivity index (χ1n) is 6.89. The lowest BCUT2D eigenvalue weighted by Gasteiger charge is -2.10. The third kappa shape index (κ3) is 4.88. The van der Waals surface area contributed by atoms with Crippen molar-refractivity contribution in [2.24, 2.45) is 0 Å². The summed E-state index contributed by atoms with van der Waals surface area (Å²) in [5.41, 5.74) is 2.16. The van der Waals surface area contributed by atoms with Gasteiger partial charge in [0.1, 0.15) is 5.75 Å². The molecule has 0 saturated carbocycles. The minimum Gasteiger partial charge on any atom is -0.439 e. The number of ether oxygens (including phenoxy) is 1. The van der Waals surface area contributed by atoms with Crippen LogP contribution in [0.15, 0.2) is 30.3 Å². The number of benzene rings is 1. The summed E-state index contributed by atoms with van der Waals surface area (Å²) in [5.74, 6) is 1.15. The molecule has 0 bridgehead atoms. The van der Waals surface area contributed by atoms with E-state index in [0.717, 1.165) is 30.6 Å². The maximum Gasteiger partial charge on any atom is 0.219 e. The number of nitrogens with one attached hydrogen (secondary N) is 1. The van der Waals surface area contributed by atoms with E-state index in [0.29, 0.717) is 21.7 Å². The van der Waals surface area contributed by atoms with Gasteiger partial charge in [-0.1, -0.05) is 36.5 Å². The van der Waals surface area contributed by atoms with Crippen molar-refractivity contribution in [3.05, 3.63) is 51.6 Å². The van der Waals surface area contributed by atoms with Crippen molar-refractivity contribution < 1.29 is 4.74 Å². The van der Waals surface area contributed by atoms with Crippen LogP contribution in [0.2, 0.25) is 10.0 Å². The van der Waals surface area contributed by atoms with Crippen LogP contribution in [0.3, 0.4) is 0 Å². The second kappa shape index (κ2) is 7.64. The van der Waals surface area contributed by atoms with Crippen molar-refractivity contribution in [3.8, 4) is 11.6 Å². The molecule has 1 heterocycles. The van der Waals surface area contributed by atoms with Gasteiger partial charge in [0.15, 0.2) is 0 Å². The van der Waals surface area contributed by atoms with Crippen molar-refractivity contribution in [1.82, 2.24) is 10.3 Å². The lowest BCUT2D eigenvalue weighted by Crippen LogP contribution is -2.06. The summed E-state index contributed by atoms with van der Waals surface area (Å²) in [5, 5.41) is 4.22. The summed E-state index contributed by atoms with van der Waals surface area (Å²) in [6.45, 7) is 2.90. The van der Waals surface area contributed by atoms with Gasteiger partial charge in [-0.15, -0.1) is 0 Å². The molecule has 112 valence electrons. The number of nitrogens with zero attached hydrogens (tertiary/aromatic N) is 1. The monoisotopic (exact) mass is 324 g/mol. The van der Waals surface area contributed by atoms with Crippen LogP contribution in [-0.4, -0.2) is 12.0 Å². The van der Waals surface area contributed by atoms with Gasteiger partial charge in [-0.05, 0) is 43.3 Å². The zero-order chi connectivity index (χ0) is 15.2. The van der Waals surface area contributed by atoms with Gasteiger partial charge in [0, 0.05) is 28.4 Å². The minimum absolute atomic E-state index is 0.540. The second-order valence-electron chi connectivity index (χ2n) is 4.79. The Morgan fingerprint density at radius 1 is 1.10 bits per heavy atom. The Hall–Kier alpha value is -1.29. The first-order valence-corrected chi connectivity index (χ1v) is 7.64. The summed E-state index contributed by atoms with van der Waals surface area (Å²) in [6, 6.07) is 9.13. The number of halogens is 2. The predicted molar refractivity (Wildman–Crippen MR) is 87.5 cm³/mol. The molecule has 2 rings (SSSR count). The maximum absolute atomic E-state index is 5.98. The summed E-state index contributed by atoms with van der Waals surface area (Å²) in [4.78, 5) is 4.52. The Bertz CT molecular complexity index is 573. The summed E-state index contributed by atoms with van der Waals surface area (Å²) < 4.78 is 5.81. The topological polar surface area (TPSA) is 34.1 Å². The highest BCUT2D eigenvalue weighted by atomic mass is 35.5. The third-order valence-electron chi connectivity index (χ3n) is 2.86. The first-order chi connectivity index (χ1) is 10.1. The molecule has 0 aliphatic heterocycles. The highest BCUT2D eigenvalue weighted by Gasteiger charge is 2.06. The number of hydrogen-bond acceptors (Lipinski definition) is 3. The highest BCUT2D eigenvalue weighted by Crippen LogP contribution is 2.28. The average molecular weight is 325 g/mol. The molecular formula is C16H18Cl2N2O. The number of rotatable bonds is 6. The van der Waals surface area contributed by atoms with Crippen LogP contribution < -0.4 is 10.1 Å². The lowest BCUT2D eigenvalue weighted by atomic mass is 10.1. The molecule has 1 aromatic heterocycles. The Morgan fingerprint density at radius 2 is 1.81 bits per heavy atom. The largest absolute Gasteiger partial charge is 0.439 e. The van der Waals surface area contributed by atoms with Crippen LogP contribution in [0.25, 0.3) is 0 Å². The van der Waals surface area contributed by atoms with Crippen LogP contribution in [0.1, 0.15) is 24.6 Å². The minimum atomic E-state index is 0.540. The molecule has 2 aromatic rings. The zero-order valence-corrected chi connectivity index (χ0v) is 13.6. The average Bonchev–Trinajstić information content (AvgIpc) is 2.37. The molecule has 0 atom stereocenters. The smallest absolute Gasteiger partial charge is 0.219 e. The number of aryl methyl sites for hydroxylation is 1. The summed E-state index contributed by atoms with van der Waals surface area (Å²) in [7, 11) is 1.91. The fourth-order valence-electron chi connectivity index (χ4n) is 2.07. The Kier molecular flexibility index (Phi) is 5.85. The number of pyridine rings is 1. The molecule has 0 amide bonds. The molecule has 0 aliphatic rings. The van der Waals surface area contributed by atoms with Gasteiger partial charge < -0.3 is 10.1 Å².